The summed E-state index contributed by atoms with van der Waals surface area (Å²) in [6.45, 7) is 7.57. The molecule has 1 heterocycles. The molecule has 35 heavy (non-hydrogen) atoms. The molecular formula is C28H43N3O4. The van der Waals surface area contributed by atoms with E-state index in [0.717, 1.165) is 44.4 Å². The van der Waals surface area contributed by atoms with E-state index in [9.17, 15) is 14.7 Å². The molecule has 7 heteroatoms. The van der Waals surface area contributed by atoms with Gasteiger partial charge in [-0.3, -0.25) is 9.48 Å². The van der Waals surface area contributed by atoms with Crippen molar-refractivity contribution in [2.24, 2.45) is 46.2 Å². The number of aliphatic hydroxyl groups is 1. The van der Waals surface area contributed by atoms with E-state index < -0.39 is 11.6 Å². The van der Waals surface area contributed by atoms with Crippen LogP contribution in [0.15, 0.2) is 12.4 Å². The van der Waals surface area contributed by atoms with Gasteiger partial charge in [-0.05, 0) is 99.2 Å². The number of nitrogens with two attached hydrogens (primary N) is 1. The lowest BCUT2D eigenvalue weighted by Gasteiger charge is -2.61. The zero-order valence-electron chi connectivity index (χ0n) is 21.7. The van der Waals surface area contributed by atoms with Crippen LogP contribution >= 0.6 is 0 Å². The van der Waals surface area contributed by atoms with Gasteiger partial charge in [-0.15, -0.1) is 0 Å². The van der Waals surface area contributed by atoms with E-state index in [2.05, 4.69) is 18.9 Å². The lowest BCUT2D eigenvalue weighted by Crippen LogP contribution is -2.55. The summed E-state index contributed by atoms with van der Waals surface area (Å²) in [6, 6.07) is 0. The smallest absolute Gasteiger partial charge is 0.341 e. The summed E-state index contributed by atoms with van der Waals surface area (Å²) < 4.78 is 6.66. The van der Waals surface area contributed by atoms with E-state index >= 15 is 0 Å². The molecule has 4 saturated carbocycles. The number of hydrogen-bond donors (Lipinski definition) is 2. The van der Waals surface area contributed by atoms with Gasteiger partial charge in [0.1, 0.15) is 6.61 Å². The Bertz CT molecular complexity index is 973. The molecule has 1 aromatic heterocycles. The van der Waals surface area contributed by atoms with Gasteiger partial charge >= 0.3 is 5.97 Å². The largest absolute Gasteiger partial charge is 0.461 e. The van der Waals surface area contributed by atoms with Crippen molar-refractivity contribution in [3.63, 3.8) is 0 Å². The number of ketones is 1. The molecule has 5 rings (SSSR count). The summed E-state index contributed by atoms with van der Waals surface area (Å²) in [6.07, 6.45) is 13.0. The fraction of sp³-hybridized carbons (Fsp3) is 0.821. The predicted molar refractivity (Wildman–Crippen MR) is 132 cm³/mol. The Morgan fingerprint density at radius 3 is 2.63 bits per heavy atom. The number of fused-ring (bicyclic) bond motifs is 5. The lowest BCUT2D eigenvalue weighted by atomic mass is 9.44. The summed E-state index contributed by atoms with van der Waals surface area (Å²) in [7, 11) is 0. The van der Waals surface area contributed by atoms with E-state index in [1.165, 1.54) is 25.5 Å². The number of carbonyl (C=O) groups excluding carboxylic acids is 2. The Hall–Kier alpha value is -1.73. The predicted octanol–water partition coefficient (Wildman–Crippen LogP) is 3.98. The van der Waals surface area contributed by atoms with Crippen molar-refractivity contribution in [3.05, 3.63) is 18.0 Å². The number of esters is 1. The van der Waals surface area contributed by atoms with Crippen molar-refractivity contribution < 1.29 is 19.4 Å². The minimum atomic E-state index is -0.501. The lowest BCUT2D eigenvalue weighted by molar-refractivity contribution is -0.151. The van der Waals surface area contributed by atoms with Crippen molar-refractivity contribution in [1.82, 2.24) is 9.78 Å². The molecule has 4 aliphatic rings. The maximum absolute atomic E-state index is 13.5. The summed E-state index contributed by atoms with van der Waals surface area (Å²) in [5.41, 5.74) is 5.64. The van der Waals surface area contributed by atoms with Gasteiger partial charge in [-0.2, -0.15) is 5.10 Å². The summed E-state index contributed by atoms with van der Waals surface area (Å²) >= 11 is 0. The van der Waals surface area contributed by atoms with Gasteiger partial charge in [0.15, 0.2) is 5.78 Å². The molecule has 0 saturated heterocycles. The highest BCUT2D eigenvalue weighted by molar-refractivity contribution is 5.89. The van der Waals surface area contributed by atoms with E-state index in [1.54, 1.807) is 10.9 Å². The van der Waals surface area contributed by atoms with Crippen molar-refractivity contribution in [3.8, 4) is 0 Å². The van der Waals surface area contributed by atoms with Crippen LogP contribution in [0.1, 0.15) is 88.9 Å². The first-order chi connectivity index (χ1) is 16.6. The second kappa shape index (κ2) is 8.98. The van der Waals surface area contributed by atoms with Crippen LogP contribution in [-0.4, -0.2) is 45.4 Å². The molecule has 0 radical (unpaired) electrons. The van der Waals surface area contributed by atoms with Crippen LogP contribution in [0.4, 0.5) is 0 Å². The average Bonchev–Trinajstić information content (AvgIpc) is 3.42. The normalized spacial score (nSPS) is 42.6. The SMILES string of the molecule is C[C@@]1(O)CC[C@@]2(C)[C@@H](CC[C@@H]3[C@@H]2CC[C@]2(C)[C@@H](C(=O)Cn4cc(C(=O)OCCN)cn4)CC[C@@H]32)C1. The zero-order chi connectivity index (χ0) is 25.0. The van der Waals surface area contributed by atoms with Crippen LogP contribution in [0.3, 0.4) is 0 Å². The van der Waals surface area contributed by atoms with Gasteiger partial charge in [0.25, 0.3) is 0 Å². The molecule has 0 bridgehead atoms. The Labute approximate surface area is 209 Å². The number of nitrogens with zero attached hydrogens (tertiary/aromatic N) is 2. The molecule has 0 aromatic carbocycles. The Kier molecular flexibility index (Phi) is 6.40. The first kappa shape index (κ1) is 24.9. The summed E-state index contributed by atoms with van der Waals surface area (Å²) in [4.78, 5) is 25.6. The Morgan fingerprint density at radius 1 is 1.09 bits per heavy atom. The molecule has 8 atom stereocenters. The third kappa shape index (κ3) is 4.26. The highest BCUT2D eigenvalue weighted by Gasteiger charge is 2.61. The second-order valence-corrected chi connectivity index (χ2v) is 12.8. The quantitative estimate of drug-likeness (QED) is 0.590. The molecule has 0 unspecified atom stereocenters. The number of rotatable bonds is 6. The van der Waals surface area contributed by atoms with Crippen LogP contribution in [0.5, 0.6) is 0 Å². The highest BCUT2D eigenvalue weighted by Crippen LogP contribution is 2.68. The highest BCUT2D eigenvalue weighted by atomic mass is 16.5. The van der Waals surface area contributed by atoms with Crippen LogP contribution in [0.25, 0.3) is 0 Å². The first-order valence-corrected chi connectivity index (χ1v) is 13.7. The minimum Gasteiger partial charge on any atom is -0.461 e. The van der Waals surface area contributed by atoms with Crippen molar-refractivity contribution in [1.29, 1.82) is 0 Å². The third-order valence-electron chi connectivity index (χ3n) is 10.9. The average molecular weight is 486 g/mol. The van der Waals surface area contributed by atoms with Crippen LogP contribution < -0.4 is 5.73 Å². The Balaban J connectivity index is 1.27. The topological polar surface area (TPSA) is 107 Å². The van der Waals surface area contributed by atoms with E-state index in [0.29, 0.717) is 28.7 Å². The zero-order valence-corrected chi connectivity index (χ0v) is 21.7. The van der Waals surface area contributed by atoms with E-state index in [-0.39, 0.29) is 36.8 Å². The number of hydrogen-bond acceptors (Lipinski definition) is 6. The standard InChI is InChI=1S/C28H43N3O4/c1-26(34)10-11-27(2)19(14-26)4-5-20-21-6-7-23(28(21,3)9-8-22(20)27)24(32)17-31-16-18(15-30-31)25(33)35-13-12-29/h15-16,19-23,34H,4-14,17,29H2,1-3H3/t19-,20-,21-,22-,23+,26+,27-,28-/m0/s1. The van der Waals surface area contributed by atoms with Crippen molar-refractivity contribution in [2.75, 3.05) is 13.2 Å². The minimum absolute atomic E-state index is 0.0532. The van der Waals surface area contributed by atoms with Crippen molar-refractivity contribution >= 4 is 11.8 Å². The van der Waals surface area contributed by atoms with Gasteiger partial charge in [-0.1, -0.05) is 13.8 Å². The number of carbonyl (C=O) groups is 2. The fourth-order valence-electron chi connectivity index (χ4n) is 9.02. The molecule has 1 aromatic rings. The fourth-order valence-corrected chi connectivity index (χ4v) is 9.02. The monoisotopic (exact) mass is 485 g/mol. The van der Waals surface area contributed by atoms with E-state index in [4.69, 9.17) is 10.5 Å². The molecule has 0 amide bonds. The second-order valence-electron chi connectivity index (χ2n) is 12.8. The number of ether oxygens (including phenoxy) is 1. The van der Waals surface area contributed by atoms with Gasteiger partial charge in [0, 0.05) is 18.7 Å². The molecule has 7 nitrogen and oxygen atoms in total. The number of aromatic nitrogens is 2. The molecule has 4 aliphatic carbocycles. The molecule has 0 spiro atoms. The molecular weight excluding hydrogens is 442 g/mol. The Morgan fingerprint density at radius 2 is 1.86 bits per heavy atom. The van der Waals surface area contributed by atoms with Gasteiger partial charge in [-0.25, -0.2) is 4.79 Å². The molecule has 194 valence electrons. The van der Waals surface area contributed by atoms with Crippen LogP contribution in [0, 0.1) is 40.4 Å². The van der Waals surface area contributed by atoms with E-state index in [1.807, 2.05) is 6.92 Å². The van der Waals surface area contributed by atoms with Gasteiger partial charge in [0.2, 0.25) is 0 Å². The third-order valence-corrected chi connectivity index (χ3v) is 10.9. The molecule has 0 aliphatic heterocycles. The summed E-state index contributed by atoms with van der Waals surface area (Å²) in [5.74, 6) is 2.50. The van der Waals surface area contributed by atoms with Crippen LogP contribution in [0.2, 0.25) is 0 Å². The maximum Gasteiger partial charge on any atom is 0.341 e. The molecule has 4 fully saturated rings. The van der Waals surface area contributed by atoms with Crippen molar-refractivity contribution in [2.45, 2.75) is 90.7 Å². The summed E-state index contributed by atoms with van der Waals surface area (Å²) in [5, 5.41) is 15.0. The first-order valence-electron chi connectivity index (χ1n) is 13.7. The number of Topliss-reactive ketones (excluding diaryl/α,β-unsaturated/α-hetero) is 1. The maximum atomic E-state index is 13.5. The van der Waals surface area contributed by atoms with Crippen LogP contribution in [-0.2, 0) is 16.1 Å². The van der Waals surface area contributed by atoms with Gasteiger partial charge < -0.3 is 15.6 Å². The van der Waals surface area contributed by atoms with Gasteiger partial charge in [0.05, 0.1) is 23.9 Å². The molecule has 3 N–H and O–H groups in total.